The van der Waals surface area contributed by atoms with E-state index in [0.29, 0.717) is 0 Å². The summed E-state index contributed by atoms with van der Waals surface area (Å²) in [4.78, 5) is 4.15. The van der Waals surface area contributed by atoms with Crippen LogP contribution in [-0.4, -0.2) is 21.3 Å². The zero-order chi connectivity index (χ0) is 13.0. The van der Waals surface area contributed by atoms with Crippen LogP contribution in [0, 0.1) is 5.82 Å². The number of pyridine rings is 1. The molecule has 2 heterocycles. The number of halogens is 1. The first-order chi connectivity index (χ1) is 8.72. The number of hydrogen-bond acceptors (Lipinski definition) is 3. The standard InChI is InChI=1S/C13H17FN4/c1-3-7-15-13(12-6-8-17-18(12)2)11-5-4-10(14)9-16-11/h4-6,8-9,13,15H,3,7H2,1-2H3. The van der Waals surface area contributed by atoms with E-state index in [9.17, 15) is 4.39 Å². The van der Waals surface area contributed by atoms with E-state index < -0.39 is 0 Å². The van der Waals surface area contributed by atoms with Gasteiger partial charge in [0, 0.05) is 13.2 Å². The summed E-state index contributed by atoms with van der Waals surface area (Å²) in [5.41, 5.74) is 1.82. The molecule has 2 aromatic heterocycles. The quantitative estimate of drug-likeness (QED) is 0.880. The lowest BCUT2D eigenvalue weighted by Gasteiger charge is -2.18. The van der Waals surface area contributed by atoms with E-state index >= 15 is 0 Å². The Morgan fingerprint density at radius 3 is 2.78 bits per heavy atom. The van der Waals surface area contributed by atoms with Gasteiger partial charge in [-0.25, -0.2) is 4.39 Å². The highest BCUT2D eigenvalue weighted by molar-refractivity contribution is 5.21. The third kappa shape index (κ3) is 2.73. The second kappa shape index (κ2) is 5.73. The molecule has 0 aliphatic carbocycles. The lowest BCUT2D eigenvalue weighted by Crippen LogP contribution is -2.26. The molecular weight excluding hydrogens is 231 g/mol. The number of aromatic nitrogens is 3. The van der Waals surface area contributed by atoms with E-state index in [1.54, 1.807) is 16.9 Å². The van der Waals surface area contributed by atoms with E-state index in [2.05, 4.69) is 22.3 Å². The number of nitrogens with zero attached hydrogens (tertiary/aromatic N) is 3. The summed E-state index contributed by atoms with van der Waals surface area (Å²) in [7, 11) is 1.89. The van der Waals surface area contributed by atoms with Crippen LogP contribution in [0.25, 0.3) is 0 Å². The minimum atomic E-state index is -0.321. The fourth-order valence-electron chi connectivity index (χ4n) is 1.87. The van der Waals surface area contributed by atoms with Gasteiger partial charge in [0.1, 0.15) is 5.82 Å². The molecule has 0 aliphatic heterocycles. The molecule has 1 N–H and O–H groups in total. The summed E-state index contributed by atoms with van der Waals surface area (Å²) in [5, 5.41) is 7.57. The van der Waals surface area contributed by atoms with Crippen LogP contribution in [-0.2, 0) is 7.05 Å². The van der Waals surface area contributed by atoms with Gasteiger partial charge in [-0.2, -0.15) is 5.10 Å². The first-order valence-corrected chi connectivity index (χ1v) is 6.05. The molecule has 18 heavy (non-hydrogen) atoms. The number of aryl methyl sites for hydroxylation is 1. The molecular formula is C13H17FN4. The van der Waals surface area contributed by atoms with Crippen LogP contribution >= 0.6 is 0 Å². The predicted molar refractivity (Wildman–Crippen MR) is 67.5 cm³/mol. The maximum atomic E-state index is 12.9. The maximum Gasteiger partial charge on any atom is 0.141 e. The molecule has 0 saturated heterocycles. The van der Waals surface area contributed by atoms with Gasteiger partial charge in [-0.3, -0.25) is 9.67 Å². The van der Waals surface area contributed by atoms with Gasteiger partial charge < -0.3 is 5.32 Å². The average molecular weight is 248 g/mol. The Balaban J connectivity index is 2.30. The van der Waals surface area contributed by atoms with Crippen molar-refractivity contribution in [1.29, 1.82) is 0 Å². The molecule has 0 saturated carbocycles. The van der Waals surface area contributed by atoms with Crippen LogP contribution in [0.2, 0.25) is 0 Å². The van der Waals surface area contributed by atoms with Crippen molar-refractivity contribution < 1.29 is 4.39 Å². The first-order valence-electron chi connectivity index (χ1n) is 6.05. The molecule has 5 heteroatoms. The molecule has 0 aliphatic rings. The summed E-state index contributed by atoms with van der Waals surface area (Å²) in [6.07, 6.45) is 4.02. The Kier molecular flexibility index (Phi) is 4.04. The molecule has 4 nitrogen and oxygen atoms in total. The van der Waals surface area contributed by atoms with Crippen molar-refractivity contribution in [2.75, 3.05) is 6.54 Å². The van der Waals surface area contributed by atoms with E-state index in [0.717, 1.165) is 24.4 Å². The Morgan fingerprint density at radius 2 is 2.22 bits per heavy atom. The lowest BCUT2D eigenvalue weighted by atomic mass is 10.1. The summed E-state index contributed by atoms with van der Waals surface area (Å²) in [5.74, 6) is -0.321. The highest BCUT2D eigenvalue weighted by Gasteiger charge is 2.17. The largest absolute Gasteiger partial charge is 0.304 e. The molecule has 0 fully saturated rings. The zero-order valence-electron chi connectivity index (χ0n) is 10.6. The van der Waals surface area contributed by atoms with Crippen molar-refractivity contribution >= 4 is 0 Å². The van der Waals surface area contributed by atoms with Crippen molar-refractivity contribution in [2.45, 2.75) is 19.4 Å². The Morgan fingerprint density at radius 1 is 1.39 bits per heavy atom. The Hall–Kier alpha value is -1.75. The van der Waals surface area contributed by atoms with Crippen molar-refractivity contribution in [3.05, 3.63) is 47.8 Å². The van der Waals surface area contributed by atoms with Crippen LogP contribution in [0.15, 0.2) is 30.6 Å². The molecule has 0 bridgehead atoms. The fourth-order valence-corrected chi connectivity index (χ4v) is 1.87. The summed E-state index contributed by atoms with van der Waals surface area (Å²) < 4.78 is 14.7. The van der Waals surface area contributed by atoms with Crippen LogP contribution in [0.5, 0.6) is 0 Å². The number of hydrogen-bond donors (Lipinski definition) is 1. The average Bonchev–Trinajstić information content (AvgIpc) is 2.78. The monoisotopic (exact) mass is 248 g/mol. The predicted octanol–water partition coefficient (Wildman–Crippen LogP) is 2.04. The Bertz CT molecular complexity index is 492. The molecule has 96 valence electrons. The molecule has 2 aromatic rings. The van der Waals surface area contributed by atoms with E-state index in [1.807, 2.05) is 13.1 Å². The van der Waals surface area contributed by atoms with Gasteiger partial charge in [0.25, 0.3) is 0 Å². The minimum Gasteiger partial charge on any atom is -0.304 e. The molecule has 0 amide bonds. The maximum absolute atomic E-state index is 12.9. The van der Waals surface area contributed by atoms with E-state index in [1.165, 1.54) is 12.3 Å². The van der Waals surface area contributed by atoms with Gasteiger partial charge in [-0.05, 0) is 31.2 Å². The fraction of sp³-hybridized carbons (Fsp3) is 0.385. The second-order valence-corrected chi connectivity index (χ2v) is 4.17. The lowest BCUT2D eigenvalue weighted by molar-refractivity contribution is 0.539. The van der Waals surface area contributed by atoms with Crippen LogP contribution < -0.4 is 5.32 Å². The second-order valence-electron chi connectivity index (χ2n) is 4.17. The smallest absolute Gasteiger partial charge is 0.141 e. The van der Waals surface area contributed by atoms with Crippen molar-refractivity contribution in [2.24, 2.45) is 7.05 Å². The third-order valence-electron chi connectivity index (χ3n) is 2.80. The molecule has 1 unspecified atom stereocenters. The summed E-state index contributed by atoms with van der Waals surface area (Å²) in [6.45, 7) is 2.97. The first kappa shape index (κ1) is 12.7. The minimum absolute atomic E-state index is 0.0574. The van der Waals surface area contributed by atoms with Gasteiger partial charge in [0.2, 0.25) is 0 Å². The normalized spacial score (nSPS) is 12.6. The van der Waals surface area contributed by atoms with Gasteiger partial charge in [-0.1, -0.05) is 6.92 Å². The third-order valence-corrected chi connectivity index (χ3v) is 2.80. The van der Waals surface area contributed by atoms with Crippen LogP contribution in [0.1, 0.15) is 30.8 Å². The van der Waals surface area contributed by atoms with Gasteiger partial charge in [0.05, 0.1) is 23.6 Å². The van der Waals surface area contributed by atoms with Crippen LogP contribution in [0.4, 0.5) is 4.39 Å². The topological polar surface area (TPSA) is 42.7 Å². The molecule has 0 radical (unpaired) electrons. The highest BCUT2D eigenvalue weighted by Crippen LogP contribution is 2.19. The van der Waals surface area contributed by atoms with Crippen molar-refractivity contribution in [1.82, 2.24) is 20.1 Å². The molecule has 0 spiro atoms. The number of nitrogens with one attached hydrogen (secondary N) is 1. The molecule has 0 aromatic carbocycles. The van der Waals surface area contributed by atoms with Crippen molar-refractivity contribution in [3.8, 4) is 0 Å². The molecule has 2 rings (SSSR count). The SMILES string of the molecule is CCCNC(c1ccc(F)cn1)c1ccnn1C. The number of rotatable bonds is 5. The van der Waals surface area contributed by atoms with Crippen molar-refractivity contribution in [3.63, 3.8) is 0 Å². The Labute approximate surface area is 106 Å². The highest BCUT2D eigenvalue weighted by atomic mass is 19.1. The van der Waals surface area contributed by atoms with Gasteiger partial charge in [0.15, 0.2) is 0 Å². The molecule has 1 atom stereocenters. The summed E-state index contributed by atoms with van der Waals surface area (Å²) >= 11 is 0. The summed E-state index contributed by atoms with van der Waals surface area (Å²) in [6, 6.07) is 5.02. The van der Waals surface area contributed by atoms with E-state index in [4.69, 9.17) is 0 Å². The van der Waals surface area contributed by atoms with Gasteiger partial charge in [-0.15, -0.1) is 0 Å². The van der Waals surface area contributed by atoms with Gasteiger partial charge >= 0.3 is 0 Å². The van der Waals surface area contributed by atoms with Crippen LogP contribution in [0.3, 0.4) is 0 Å². The van der Waals surface area contributed by atoms with E-state index in [-0.39, 0.29) is 11.9 Å². The zero-order valence-corrected chi connectivity index (χ0v) is 10.6.